The van der Waals surface area contributed by atoms with Gasteiger partial charge >= 0.3 is 0 Å². The molecule has 7 heteroatoms. The van der Waals surface area contributed by atoms with Crippen molar-refractivity contribution in [3.8, 4) is 11.5 Å². The highest BCUT2D eigenvalue weighted by Crippen LogP contribution is 2.42. The molecule has 1 aromatic rings. The number of methoxy groups -OCH3 is 2. The van der Waals surface area contributed by atoms with Crippen molar-refractivity contribution in [2.24, 2.45) is 0 Å². The Morgan fingerprint density at radius 3 is 2.43 bits per heavy atom. The first-order valence-corrected chi connectivity index (χ1v) is 12.6. The van der Waals surface area contributed by atoms with Crippen LogP contribution in [0.15, 0.2) is 24.3 Å². The van der Waals surface area contributed by atoms with Gasteiger partial charge in [-0.3, -0.25) is 4.79 Å². The Morgan fingerprint density at radius 2 is 1.89 bits per heavy atom. The maximum atomic E-state index is 13.3. The molecule has 6 nitrogen and oxygen atoms in total. The van der Waals surface area contributed by atoms with Gasteiger partial charge in [-0.2, -0.15) is 0 Å². The van der Waals surface area contributed by atoms with Crippen LogP contribution in [-0.2, 0) is 0 Å². The molecule has 2 rings (SSSR count). The Bertz CT molecular complexity index is 756. The number of hydrogen-bond acceptors (Lipinski definition) is 5. The van der Waals surface area contributed by atoms with E-state index in [2.05, 4.69) is 20.4 Å². The maximum absolute atomic E-state index is 13.3. The summed E-state index contributed by atoms with van der Waals surface area (Å²) in [7, 11) is 0.773. The molecule has 3 N–H and O–H groups in total. The van der Waals surface area contributed by atoms with Crippen LogP contribution in [-0.4, -0.2) is 50.7 Å². The number of carbonyl (C=O) groups is 1. The van der Waals surface area contributed by atoms with E-state index in [0.717, 1.165) is 24.8 Å². The minimum Gasteiger partial charge on any atom is -0.493 e. The number of likely N-dealkylation sites (tertiary alicyclic amines) is 1. The van der Waals surface area contributed by atoms with Crippen molar-refractivity contribution < 1.29 is 19.1 Å². The SMILES string of the molecule is C=C1C[C@@H](CCC(C)(C)[Si](C)(C)O)N(C(=O)c2cc(OC)c(OC)cc2N)C1. The Kier molecular flexibility index (Phi) is 6.50. The molecule has 0 radical (unpaired) electrons. The van der Waals surface area contributed by atoms with E-state index in [0.29, 0.717) is 29.3 Å². The van der Waals surface area contributed by atoms with E-state index in [1.54, 1.807) is 12.1 Å². The molecule has 1 saturated heterocycles. The van der Waals surface area contributed by atoms with Gasteiger partial charge in [-0.15, -0.1) is 0 Å². The summed E-state index contributed by atoms with van der Waals surface area (Å²) < 4.78 is 10.6. The van der Waals surface area contributed by atoms with Crippen molar-refractivity contribution in [3.63, 3.8) is 0 Å². The highest BCUT2D eigenvalue weighted by molar-refractivity contribution is 6.72. The third-order valence-electron chi connectivity index (χ3n) is 6.16. The number of anilines is 1. The fourth-order valence-corrected chi connectivity index (χ4v) is 4.20. The van der Waals surface area contributed by atoms with Crippen LogP contribution in [0.1, 0.15) is 43.5 Å². The quantitative estimate of drug-likeness (QED) is 0.408. The van der Waals surface area contributed by atoms with Gasteiger partial charge < -0.3 is 24.9 Å². The van der Waals surface area contributed by atoms with Crippen LogP contribution in [0, 0.1) is 0 Å². The summed E-state index contributed by atoms with van der Waals surface area (Å²) in [6, 6.07) is 3.32. The lowest BCUT2D eigenvalue weighted by Crippen LogP contribution is -2.41. The Hall–Kier alpha value is -1.99. The van der Waals surface area contributed by atoms with Gasteiger partial charge in [0.15, 0.2) is 19.8 Å². The van der Waals surface area contributed by atoms with E-state index in [1.165, 1.54) is 14.2 Å². The summed E-state index contributed by atoms with van der Waals surface area (Å²) in [5.41, 5.74) is 7.95. The molecule has 1 heterocycles. The molecule has 0 aliphatic carbocycles. The monoisotopic (exact) mass is 406 g/mol. The molecule has 0 unspecified atom stereocenters. The summed E-state index contributed by atoms with van der Waals surface area (Å²) in [6.45, 7) is 12.8. The number of rotatable bonds is 7. The number of ether oxygens (including phenoxy) is 2. The van der Waals surface area contributed by atoms with Gasteiger partial charge in [-0.05, 0) is 43.5 Å². The fourth-order valence-electron chi connectivity index (χ4n) is 3.44. The van der Waals surface area contributed by atoms with Gasteiger partial charge in [0.05, 0.1) is 19.8 Å². The number of amides is 1. The average molecular weight is 407 g/mol. The first-order valence-electron chi connectivity index (χ1n) is 9.62. The summed E-state index contributed by atoms with van der Waals surface area (Å²) in [5, 5.41) is -0.131. The molecule has 28 heavy (non-hydrogen) atoms. The minimum absolute atomic E-state index is 0.0584. The molecule has 1 atom stereocenters. The van der Waals surface area contributed by atoms with Crippen LogP contribution in [0.25, 0.3) is 0 Å². The third kappa shape index (κ3) is 4.52. The van der Waals surface area contributed by atoms with Gasteiger partial charge in [0.25, 0.3) is 5.91 Å². The van der Waals surface area contributed by atoms with E-state index in [9.17, 15) is 9.59 Å². The van der Waals surface area contributed by atoms with Crippen LogP contribution in [0.4, 0.5) is 5.69 Å². The largest absolute Gasteiger partial charge is 0.493 e. The van der Waals surface area contributed by atoms with Gasteiger partial charge in [-0.25, -0.2) is 0 Å². The van der Waals surface area contributed by atoms with Gasteiger partial charge in [0.2, 0.25) is 0 Å². The molecule has 1 fully saturated rings. The number of carbonyl (C=O) groups excluding carboxylic acids is 1. The minimum atomic E-state index is -2.30. The van der Waals surface area contributed by atoms with Crippen LogP contribution < -0.4 is 15.2 Å². The lowest BCUT2D eigenvalue weighted by molar-refractivity contribution is 0.0729. The molecule has 1 aliphatic heterocycles. The van der Waals surface area contributed by atoms with E-state index < -0.39 is 8.32 Å². The second kappa shape index (κ2) is 8.17. The first kappa shape index (κ1) is 22.3. The van der Waals surface area contributed by atoms with Crippen molar-refractivity contribution >= 4 is 19.9 Å². The van der Waals surface area contributed by atoms with E-state index in [1.807, 2.05) is 18.0 Å². The zero-order chi connectivity index (χ0) is 21.3. The predicted molar refractivity (Wildman–Crippen MR) is 116 cm³/mol. The summed E-state index contributed by atoms with van der Waals surface area (Å²) >= 11 is 0. The molecule has 0 spiro atoms. The number of nitrogen functional groups attached to an aromatic ring is 1. The number of hydrogen-bond donors (Lipinski definition) is 2. The van der Waals surface area contributed by atoms with Crippen molar-refractivity contribution in [2.45, 2.75) is 57.3 Å². The van der Waals surface area contributed by atoms with Crippen molar-refractivity contribution in [1.29, 1.82) is 0 Å². The number of benzene rings is 1. The molecule has 0 bridgehead atoms. The summed E-state index contributed by atoms with van der Waals surface area (Å²) in [4.78, 5) is 25.7. The van der Waals surface area contributed by atoms with Crippen LogP contribution in [0.2, 0.25) is 18.1 Å². The standard InChI is InChI=1S/C21H34N2O4Si/c1-14-10-15(8-9-21(2,3)28(6,7)25)23(13-14)20(24)16-11-18(26-4)19(27-5)12-17(16)22/h11-12,15,25H,1,8-10,13,22H2,2-7H3/t15-/m1/s1. The summed E-state index contributed by atoms with van der Waals surface area (Å²) in [6.07, 6.45) is 2.45. The lowest BCUT2D eigenvalue weighted by Gasteiger charge is -2.36. The molecular formula is C21H34N2O4Si. The number of nitrogens with zero attached hydrogens (tertiary/aromatic N) is 1. The van der Waals surface area contributed by atoms with E-state index >= 15 is 0 Å². The van der Waals surface area contributed by atoms with Crippen molar-refractivity contribution in [3.05, 3.63) is 29.8 Å². The summed E-state index contributed by atoms with van der Waals surface area (Å²) in [5.74, 6) is 0.847. The van der Waals surface area contributed by atoms with Gasteiger partial charge in [0, 0.05) is 24.3 Å². The van der Waals surface area contributed by atoms with Crippen LogP contribution in [0.5, 0.6) is 11.5 Å². The zero-order valence-electron chi connectivity index (χ0n) is 18.0. The second-order valence-electron chi connectivity index (χ2n) is 8.82. The highest BCUT2D eigenvalue weighted by Gasteiger charge is 2.40. The predicted octanol–water partition coefficient (Wildman–Crippen LogP) is 3.81. The van der Waals surface area contributed by atoms with E-state index in [-0.39, 0.29) is 17.0 Å². The third-order valence-corrected chi connectivity index (χ3v) is 9.73. The lowest BCUT2D eigenvalue weighted by atomic mass is 9.99. The Morgan fingerprint density at radius 1 is 1.32 bits per heavy atom. The molecular weight excluding hydrogens is 372 g/mol. The molecule has 1 amide bonds. The Balaban J connectivity index is 2.25. The van der Waals surface area contributed by atoms with Crippen molar-refractivity contribution in [1.82, 2.24) is 4.90 Å². The van der Waals surface area contributed by atoms with Gasteiger partial charge in [0.1, 0.15) is 0 Å². The average Bonchev–Trinajstić information content (AvgIpc) is 2.99. The second-order valence-corrected chi connectivity index (χ2v) is 13.3. The van der Waals surface area contributed by atoms with Crippen LogP contribution in [0.3, 0.4) is 0 Å². The first-order chi connectivity index (χ1) is 12.9. The molecule has 0 saturated carbocycles. The fraction of sp³-hybridized carbons (Fsp3) is 0.571. The topological polar surface area (TPSA) is 85.0 Å². The molecule has 1 aromatic carbocycles. The Labute approximate surface area is 169 Å². The smallest absolute Gasteiger partial charge is 0.256 e. The maximum Gasteiger partial charge on any atom is 0.256 e. The van der Waals surface area contributed by atoms with E-state index in [4.69, 9.17) is 15.2 Å². The zero-order valence-corrected chi connectivity index (χ0v) is 19.0. The highest BCUT2D eigenvalue weighted by atomic mass is 28.4. The normalized spacial score (nSPS) is 17.8. The number of nitrogens with two attached hydrogens (primary N) is 1. The molecule has 156 valence electrons. The van der Waals surface area contributed by atoms with Crippen molar-refractivity contribution in [2.75, 3.05) is 26.5 Å². The van der Waals surface area contributed by atoms with Gasteiger partial charge in [-0.1, -0.05) is 26.0 Å². The molecule has 1 aliphatic rings. The molecule has 0 aromatic heterocycles. The van der Waals surface area contributed by atoms with Crippen LogP contribution >= 0.6 is 0 Å².